The van der Waals surface area contributed by atoms with Crippen LogP contribution >= 0.6 is 0 Å². The average molecular weight is 228 g/mol. The lowest BCUT2D eigenvalue weighted by molar-refractivity contribution is -0.151. The third kappa shape index (κ3) is 3.19. The van der Waals surface area contributed by atoms with E-state index in [-0.39, 0.29) is 5.97 Å². The van der Waals surface area contributed by atoms with Gasteiger partial charge in [-0.25, -0.2) is 0 Å². The monoisotopic (exact) mass is 228 g/mol. The summed E-state index contributed by atoms with van der Waals surface area (Å²) in [6, 6.07) is 0.673. The number of carbonyl (C=O) groups excluding carboxylic acids is 1. The smallest absolute Gasteiger partial charge is 0.327 e. The number of hydrogen-bond donors (Lipinski definition) is 1. The van der Waals surface area contributed by atoms with Gasteiger partial charge in [0.15, 0.2) is 0 Å². The van der Waals surface area contributed by atoms with E-state index < -0.39 is 5.54 Å². The highest BCUT2D eigenvalue weighted by Gasteiger charge is 2.38. The van der Waals surface area contributed by atoms with E-state index in [2.05, 4.69) is 17.1 Å². The normalized spacial score (nSPS) is 19.6. The Morgan fingerprint density at radius 2 is 2.12 bits per heavy atom. The van der Waals surface area contributed by atoms with Crippen LogP contribution in [0.4, 0.5) is 0 Å². The molecule has 16 heavy (non-hydrogen) atoms. The fourth-order valence-corrected chi connectivity index (χ4v) is 1.88. The molecule has 1 fully saturated rings. The van der Waals surface area contributed by atoms with Crippen LogP contribution in [0.5, 0.6) is 0 Å². The topological polar surface area (TPSA) is 41.6 Å². The number of likely N-dealkylation sites (N-methyl/N-ethyl adjacent to an activating group) is 2. The number of esters is 1. The molecule has 0 radical (unpaired) electrons. The van der Waals surface area contributed by atoms with Gasteiger partial charge < -0.3 is 10.1 Å². The van der Waals surface area contributed by atoms with Crippen molar-refractivity contribution in [2.45, 2.75) is 45.2 Å². The molecule has 4 heteroatoms. The van der Waals surface area contributed by atoms with Crippen LogP contribution in [-0.2, 0) is 9.53 Å². The Labute approximate surface area is 98.3 Å². The zero-order valence-corrected chi connectivity index (χ0v) is 10.9. The Bertz CT molecular complexity index is 241. The molecule has 1 aliphatic carbocycles. The van der Waals surface area contributed by atoms with Crippen LogP contribution < -0.4 is 5.32 Å². The van der Waals surface area contributed by atoms with Gasteiger partial charge in [-0.05, 0) is 40.3 Å². The Hall–Kier alpha value is -0.610. The maximum atomic E-state index is 11.9. The molecule has 0 aromatic carbocycles. The molecule has 0 bridgehead atoms. The summed E-state index contributed by atoms with van der Waals surface area (Å²) in [5.41, 5.74) is -0.589. The summed E-state index contributed by atoms with van der Waals surface area (Å²) in [7, 11) is 1.82. The Morgan fingerprint density at radius 1 is 1.50 bits per heavy atom. The summed E-state index contributed by atoms with van der Waals surface area (Å²) in [5, 5.41) is 3.09. The van der Waals surface area contributed by atoms with Crippen LogP contribution in [-0.4, -0.2) is 49.2 Å². The summed E-state index contributed by atoms with van der Waals surface area (Å²) in [6.07, 6.45) is 2.52. The maximum absolute atomic E-state index is 11.9. The molecule has 0 aromatic heterocycles. The molecule has 1 N–H and O–H groups in total. The van der Waals surface area contributed by atoms with Crippen molar-refractivity contribution in [3.8, 4) is 0 Å². The van der Waals surface area contributed by atoms with Crippen LogP contribution in [0.1, 0.15) is 33.6 Å². The highest BCUT2D eigenvalue weighted by molar-refractivity contribution is 5.80. The van der Waals surface area contributed by atoms with Crippen LogP contribution in [0.2, 0.25) is 0 Å². The first kappa shape index (κ1) is 13.5. The molecular weight excluding hydrogens is 204 g/mol. The van der Waals surface area contributed by atoms with Gasteiger partial charge in [0.05, 0.1) is 6.61 Å². The largest absolute Gasteiger partial charge is 0.465 e. The minimum absolute atomic E-state index is 0.156. The molecule has 1 rings (SSSR count). The first-order valence-electron chi connectivity index (χ1n) is 6.17. The summed E-state index contributed by atoms with van der Waals surface area (Å²) >= 11 is 0. The summed E-state index contributed by atoms with van der Waals surface area (Å²) in [6.45, 7) is 8.04. The molecule has 4 nitrogen and oxygen atoms in total. The number of rotatable bonds is 7. The average Bonchev–Trinajstić information content (AvgIpc) is 3.09. The van der Waals surface area contributed by atoms with Crippen molar-refractivity contribution in [3.05, 3.63) is 0 Å². The van der Waals surface area contributed by atoms with Gasteiger partial charge in [-0.2, -0.15) is 0 Å². The summed E-state index contributed by atoms with van der Waals surface area (Å²) in [4.78, 5) is 14.2. The van der Waals surface area contributed by atoms with Crippen LogP contribution in [0.15, 0.2) is 0 Å². The molecule has 0 aromatic rings. The van der Waals surface area contributed by atoms with Gasteiger partial charge in [-0.3, -0.25) is 9.69 Å². The van der Waals surface area contributed by atoms with Gasteiger partial charge in [0.25, 0.3) is 0 Å². The lowest BCUT2D eigenvalue weighted by Gasteiger charge is -2.33. The predicted octanol–water partition coefficient (Wildman–Crippen LogP) is 1.01. The van der Waals surface area contributed by atoms with E-state index in [9.17, 15) is 4.79 Å². The molecule has 94 valence electrons. The molecule has 1 saturated carbocycles. The quantitative estimate of drug-likeness (QED) is 0.660. The minimum atomic E-state index is -0.589. The molecule has 1 aliphatic rings. The number of nitrogens with zero attached hydrogens (tertiary/aromatic N) is 1. The maximum Gasteiger partial charge on any atom is 0.327 e. The number of ether oxygens (including phenoxy) is 1. The van der Waals surface area contributed by atoms with Gasteiger partial charge >= 0.3 is 5.97 Å². The third-order valence-electron chi connectivity index (χ3n) is 3.27. The Kier molecular flexibility index (Phi) is 4.74. The van der Waals surface area contributed by atoms with E-state index in [0.29, 0.717) is 12.6 Å². The predicted molar refractivity (Wildman–Crippen MR) is 64.4 cm³/mol. The lowest BCUT2D eigenvalue weighted by Crippen LogP contribution is -2.56. The lowest BCUT2D eigenvalue weighted by atomic mass is 10.0. The van der Waals surface area contributed by atoms with E-state index >= 15 is 0 Å². The molecule has 0 aliphatic heterocycles. The molecule has 1 atom stereocenters. The molecule has 0 amide bonds. The second-order valence-corrected chi connectivity index (χ2v) is 4.60. The summed E-state index contributed by atoms with van der Waals surface area (Å²) < 4.78 is 5.12. The number of carbonyl (C=O) groups is 1. The minimum Gasteiger partial charge on any atom is -0.465 e. The highest BCUT2D eigenvalue weighted by Crippen LogP contribution is 2.28. The SMILES string of the molecule is CCOC(=O)C(C)(CN(CC)C1CC1)NC. The van der Waals surface area contributed by atoms with Crippen LogP contribution in [0.3, 0.4) is 0 Å². The van der Waals surface area contributed by atoms with E-state index in [1.165, 1.54) is 12.8 Å². The number of nitrogens with one attached hydrogen (secondary N) is 1. The van der Waals surface area contributed by atoms with Crippen molar-refractivity contribution in [1.29, 1.82) is 0 Å². The Balaban J connectivity index is 2.59. The van der Waals surface area contributed by atoms with Crippen molar-refractivity contribution in [2.75, 3.05) is 26.7 Å². The molecule has 0 heterocycles. The van der Waals surface area contributed by atoms with Crippen LogP contribution in [0, 0.1) is 0 Å². The van der Waals surface area contributed by atoms with Gasteiger partial charge in [0.1, 0.15) is 5.54 Å². The van der Waals surface area contributed by atoms with Crippen molar-refractivity contribution < 1.29 is 9.53 Å². The molecule has 0 saturated heterocycles. The zero-order chi connectivity index (χ0) is 12.2. The summed E-state index contributed by atoms with van der Waals surface area (Å²) in [5.74, 6) is -0.156. The van der Waals surface area contributed by atoms with Gasteiger partial charge in [0, 0.05) is 12.6 Å². The van der Waals surface area contributed by atoms with Crippen LogP contribution in [0.25, 0.3) is 0 Å². The first-order chi connectivity index (χ1) is 7.57. The van der Waals surface area contributed by atoms with Crippen molar-refractivity contribution in [3.63, 3.8) is 0 Å². The van der Waals surface area contributed by atoms with E-state index in [1.807, 2.05) is 20.9 Å². The van der Waals surface area contributed by atoms with E-state index in [1.54, 1.807) is 0 Å². The van der Waals surface area contributed by atoms with Gasteiger partial charge in [-0.15, -0.1) is 0 Å². The second-order valence-electron chi connectivity index (χ2n) is 4.60. The molecule has 0 spiro atoms. The van der Waals surface area contributed by atoms with Crippen molar-refractivity contribution in [1.82, 2.24) is 10.2 Å². The molecular formula is C12H24N2O2. The Morgan fingerprint density at radius 3 is 2.50 bits per heavy atom. The van der Waals surface area contributed by atoms with E-state index in [0.717, 1.165) is 13.1 Å². The molecule has 1 unspecified atom stereocenters. The first-order valence-corrected chi connectivity index (χ1v) is 6.17. The second kappa shape index (κ2) is 5.64. The third-order valence-corrected chi connectivity index (χ3v) is 3.27. The van der Waals surface area contributed by atoms with Gasteiger partial charge in [-0.1, -0.05) is 6.92 Å². The number of hydrogen-bond acceptors (Lipinski definition) is 4. The fourth-order valence-electron chi connectivity index (χ4n) is 1.88. The van der Waals surface area contributed by atoms with Gasteiger partial charge in [0.2, 0.25) is 0 Å². The fraction of sp³-hybridized carbons (Fsp3) is 0.917. The standard InChI is InChI=1S/C12H24N2O2/c1-5-14(10-7-8-10)9-12(3,13-4)11(15)16-6-2/h10,13H,5-9H2,1-4H3. The van der Waals surface area contributed by atoms with Crippen molar-refractivity contribution in [2.24, 2.45) is 0 Å². The van der Waals surface area contributed by atoms with Crippen molar-refractivity contribution >= 4 is 5.97 Å². The highest BCUT2D eigenvalue weighted by atomic mass is 16.5. The van der Waals surface area contributed by atoms with E-state index in [4.69, 9.17) is 4.74 Å². The zero-order valence-electron chi connectivity index (χ0n) is 10.9.